The maximum Gasteiger partial charge on any atom is 0.258 e. The number of carbonyl (C=O) groups is 2. The number of methoxy groups -OCH3 is 2. The van der Waals surface area contributed by atoms with Crippen molar-refractivity contribution in [3.05, 3.63) is 35.4 Å². The van der Waals surface area contributed by atoms with Gasteiger partial charge in [-0.25, -0.2) is 0 Å². The molecule has 4 unspecified atom stereocenters. The van der Waals surface area contributed by atoms with Crippen molar-refractivity contribution in [2.75, 3.05) is 14.2 Å². The monoisotopic (exact) mass is 524 g/mol. The maximum absolute atomic E-state index is 12.5. The van der Waals surface area contributed by atoms with Gasteiger partial charge in [-0.15, -0.1) is 0 Å². The topological polar surface area (TPSA) is 165 Å². The van der Waals surface area contributed by atoms with E-state index in [1.165, 1.54) is 48.3 Å². The number of aliphatic imine (C=N–C) groups is 2. The first-order valence-corrected chi connectivity index (χ1v) is 12.1. The molecule has 4 aliphatic heterocycles. The standard InChI is InChI=1S/2C13H14N2O4/c2*1-19-11-4-8-9(5-10(11)16)14-6-7-2-3-12(17)15(7)13(8)18/h2*4-7,12,16-17H,2-3H2,1H3. The van der Waals surface area contributed by atoms with Crippen molar-refractivity contribution in [3.8, 4) is 23.0 Å². The molecule has 2 aromatic rings. The molecular formula is C26H28N4O8. The van der Waals surface area contributed by atoms with Gasteiger partial charge < -0.3 is 39.7 Å². The zero-order valence-electron chi connectivity index (χ0n) is 20.8. The summed E-state index contributed by atoms with van der Waals surface area (Å²) in [6.45, 7) is 0. The van der Waals surface area contributed by atoms with Crippen molar-refractivity contribution in [2.24, 2.45) is 9.98 Å². The number of rotatable bonds is 2. The van der Waals surface area contributed by atoms with E-state index < -0.39 is 12.5 Å². The fourth-order valence-corrected chi connectivity index (χ4v) is 5.11. The fraction of sp³-hybridized carbons (Fsp3) is 0.385. The third kappa shape index (κ3) is 4.31. The summed E-state index contributed by atoms with van der Waals surface area (Å²) >= 11 is 0. The average molecular weight is 525 g/mol. The number of phenols is 2. The van der Waals surface area contributed by atoms with Gasteiger partial charge in [0.25, 0.3) is 11.8 Å². The summed E-state index contributed by atoms with van der Waals surface area (Å²) in [5.74, 6) is -0.270. The van der Waals surface area contributed by atoms with E-state index in [0.29, 0.717) is 48.2 Å². The predicted octanol–water partition coefficient (Wildman–Crippen LogP) is 2.08. The average Bonchev–Trinajstić information content (AvgIpc) is 3.38. The molecule has 4 aliphatic rings. The Balaban J connectivity index is 0.000000155. The van der Waals surface area contributed by atoms with Gasteiger partial charge in [-0.2, -0.15) is 0 Å². The van der Waals surface area contributed by atoms with Crippen LogP contribution in [0.1, 0.15) is 46.4 Å². The van der Waals surface area contributed by atoms with Crippen LogP contribution in [0.2, 0.25) is 0 Å². The second-order valence-electron chi connectivity index (χ2n) is 9.31. The van der Waals surface area contributed by atoms with Crippen LogP contribution in [-0.2, 0) is 0 Å². The summed E-state index contributed by atoms with van der Waals surface area (Å²) in [6, 6.07) is 5.33. The number of carbonyl (C=O) groups excluding carboxylic acids is 2. The zero-order chi connectivity index (χ0) is 27.1. The van der Waals surface area contributed by atoms with Crippen molar-refractivity contribution in [1.82, 2.24) is 9.80 Å². The molecule has 0 bridgehead atoms. The highest BCUT2D eigenvalue weighted by atomic mass is 16.5. The number of ether oxygens (including phenoxy) is 2. The number of benzene rings is 2. The van der Waals surface area contributed by atoms with Crippen LogP contribution in [0.3, 0.4) is 0 Å². The maximum atomic E-state index is 12.5. The Labute approximate surface area is 218 Å². The van der Waals surface area contributed by atoms with E-state index in [1.807, 2.05) is 0 Å². The molecule has 12 nitrogen and oxygen atoms in total. The van der Waals surface area contributed by atoms with Crippen LogP contribution in [0.5, 0.6) is 23.0 Å². The molecule has 2 aromatic carbocycles. The molecule has 0 radical (unpaired) electrons. The normalized spacial score (nSPS) is 24.9. The van der Waals surface area contributed by atoms with E-state index in [4.69, 9.17) is 9.47 Å². The molecule has 200 valence electrons. The lowest BCUT2D eigenvalue weighted by atomic mass is 10.1. The molecule has 4 N–H and O–H groups in total. The van der Waals surface area contributed by atoms with Gasteiger partial charge in [0.1, 0.15) is 12.5 Å². The summed E-state index contributed by atoms with van der Waals surface area (Å²) in [5.41, 5.74) is 1.44. The number of hydrogen-bond donors (Lipinski definition) is 4. The van der Waals surface area contributed by atoms with Gasteiger partial charge in [-0.05, 0) is 37.8 Å². The highest BCUT2D eigenvalue weighted by molar-refractivity contribution is 6.04. The molecule has 0 aliphatic carbocycles. The van der Waals surface area contributed by atoms with Crippen LogP contribution < -0.4 is 9.47 Å². The second kappa shape index (κ2) is 9.95. The molecule has 2 amide bonds. The minimum absolute atomic E-state index is 0.0613. The summed E-state index contributed by atoms with van der Waals surface area (Å²) in [6.07, 6.45) is 4.20. The molecule has 6 rings (SSSR count). The van der Waals surface area contributed by atoms with Crippen LogP contribution in [0.4, 0.5) is 11.4 Å². The van der Waals surface area contributed by atoms with Crippen molar-refractivity contribution < 1.29 is 39.5 Å². The SMILES string of the molecule is COc1cc2c(cc1O)N=CC1CCC(O)N1C2=O.COc1cc2c(cc1O)N=CC1CCC(O)N1C2=O. The summed E-state index contributed by atoms with van der Waals surface area (Å²) in [7, 11) is 2.83. The first-order chi connectivity index (χ1) is 18.2. The Morgan fingerprint density at radius 1 is 0.711 bits per heavy atom. The predicted molar refractivity (Wildman–Crippen MR) is 136 cm³/mol. The van der Waals surface area contributed by atoms with Crippen LogP contribution in [0.25, 0.3) is 0 Å². The van der Waals surface area contributed by atoms with Crippen LogP contribution in [0.15, 0.2) is 34.3 Å². The van der Waals surface area contributed by atoms with Crippen LogP contribution >= 0.6 is 0 Å². The van der Waals surface area contributed by atoms with Crippen LogP contribution in [0, 0.1) is 0 Å². The molecule has 2 fully saturated rings. The van der Waals surface area contributed by atoms with Gasteiger partial charge in [0.05, 0.1) is 48.8 Å². The Hall–Kier alpha value is -4.16. The smallest absolute Gasteiger partial charge is 0.258 e. The van der Waals surface area contributed by atoms with Gasteiger partial charge in [-0.3, -0.25) is 19.6 Å². The van der Waals surface area contributed by atoms with Crippen LogP contribution in [-0.4, -0.2) is 93.2 Å². The third-order valence-electron chi connectivity index (χ3n) is 7.09. The van der Waals surface area contributed by atoms with Gasteiger partial charge in [0, 0.05) is 24.6 Å². The Morgan fingerprint density at radius 3 is 1.47 bits per heavy atom. The van der Waals surface area contributed by atoms with Gasteiger partial charge in [0.15, 0.2) is 23.0 Å². The van der Waals surface area contributed by atoms with Crippen molar-refractivity contribution in [2.45, 2.75) is 50.2 Å². The number of amides is 2. The largest absolute Gasteiger partial charge is 0.504 e. The Bertz CT molecular complexity index is 1240. The molecule has 0 saturated carbocycles. The summed E-state index contributed by atoms with van der Waals surface area (Å²) in [4.78, 5) is 36.2. The lowest BCUT2D eigenvalue weighted by Crippen LogP contribution is -2.41. The molecule has 38 heavy (non-hydrogen) atoms. The minimum Gasteiger partial charge on any atom is -0.504 e. The number of aliphatic hydroxyl groups excluding tert-OH is 2. The number of hydrogen-bond acceptors (Lipinski definition) is 10. The van der Waals surface area contributed by atoms with Gasteiger partial charge in [-0.1, -0.05) is 0 Å². The Morgan fingerprint density at radius 2 is 1.11 bits per heavy atom. The molecular weight excluding hydrogens is 496 g/mol. The number of aromatic hydroxyl groups is 2. The number of aliphatic hydroxyl groups is 2. The van der Waals surface area contributed by atoms with Crippen molar-refractivity contribution in [3.63, 3.8) is 0 Å². The molecule has 12 heteroatoms. The van der Waals surface area contributed by atoms with Crippen molar-refractivity contribution in [1.29, 1.82) is 0 Å². The highest BCUT2D eigenvalue weighted by Crippen LogP contribution is 2.39. The lowest BCUT2D eigenvalue weighted by Gasteiger charge is -2.24. The summed E-state index contributed by atoms with van der Waals surface area (Å²) in [5, 5.41) is 39.2. The van der Waals surface area contributed by atoms with E-state index in [0.717, 1.165) is 0 Å². The fourth-order valence-electron chi connectivity index (χ4n) is 5.11. The summed E-state index contributed by atoms with van der Waals surface area (Å²) < 4.78 is 10.0. The zero-order valence-corrected chi connectivity index (χ0v) is 20.8. The first kappa shape index (κ1) is 25.5. The quantitative estimate of drug-likeness (QED) is 0.464. The highest BCUT2D eigenvalue weighted by Gasteiger charge is 2.39. The van der Waals surface area contributed by atoms with Crippen molar-refractivity contribution >= 4 is 35.6 Å². The molecule has 0 spiro atoms. The van der Waals surface area contributed by atoms with E-state index in [9.17, 15) is 30.0 Å². The minimum atomic E-state index is -0.783. The van der Waals surface area contributed by atoms with E-state index in [1.54, 1.807) is 12.4 Å². The number of phenolic OH excluding ortho intramolecular Hbond substituents is 2. The molecule has 0 aromatic heterocycles. The van der Waals surface area contributed by atoms with Gasteiger partial charge in [0.2, 0.25) is 0 Å². The third-order valence-corrected chi connectivity index (χ3v) is 7.09. The Kier molecular flexibility index (Phi) is 6.67. The second-order valence-corrected chi connectivity index (χ2v) is 9.31. The van der Waals surface area contributed by atoms with Gasteiger partial charge >= 0.3 is 0 Å². The van der Waals surface area contributed by atoms with E-state index >= 15 is 0 Å². The number of nitrogens with zero attached hydrogens (tertiary/aromatic N) is 4. The first-order valence-electron chi connectivity index (χ1n) is 12.1. The molecule has 4 atom stereocenters. The number of fused-ring (bicyclic) bond motifs is 4. The lowest BCUT2D eigenvalue weighted by molar-refractivity contribution is 0.0237. The molecule has 2 saturated heterocycles. The van der Waals surface area contributed by atoms with E-state index in [2.05, 4.69) is 9.98 Å². The van der Waals surface area contributed by atoms with E-state index in [-0.39, 0.29) is 46.9 Å². The molecule has 4 heterocycles.